The standard InChI is InChI=1S/C15H17F2N3/c1-4-7-18-15-13(17)10(3)19-14(20-15)12-6-5-11(16)8-9(12)2/h5-6,8H,4,7H2,1-3H3,(H,18,19,20). The van der Waals surface area contributed by atoms with Gasteiger partial charge in [0.1, 0.15) is 5.82 Å². The molecule has 0 radical (unpaired) electrons. The fourth-order valence-electron chi connectivity index (χ4n) is 1.92. The number of nitrogens with one attached hydrogen (secondary N) is 1. The summed E-state index contributed by atoms with van der Waals surface area (Å²) in [5.41, 5.74) is 1.70. The van der Waals surface area contributed by atoms with Crippen LogP contribution in [0.3, 0.4) is 0 Å². The fraction of sp³-hybridized carbons (Fsp3) is 0.333. The summed E-state index contributed by atoms with van der Waals surface area (Å²) in [6.45, 7) is 6.00. The summed E-state index contributed by atoms with van der Waals surface area (Å²) in [4.78, 5) is 8.37. The average Bonchev–Trinajstić information content (AvgIpc) is 2.40. The summed E-state index contributed by atoms with van der Waals surface area (Å²) in [6, 6.07) is 4.38. The number of aromatic nitrogens is 2. The van der Waals surface area contributed by atoms with Crippen LogP contribution in [0.5, 0.6) is 0 Å². The van der Waals surface area contributed by atoms with Crippen molar-refractivity contribution in [2.45, 2.75) is 27.2 Å². The van der Waals surface area contributed by atoms with Gasteiger partial charge < -0.3 is 5.32 Å². The van der Waals surface area contributed by atoms with E-state index in [-0.39, 0.29) is 17.3 Å². The lowest BCUT2D eigenvalue weighted by molar-refractivity contribution is 0.605. The molecule has 1 heterocycles. The monoisotopic (exact) mass is 277 g/mol. The van der Waals surface area contributed by atoms with Crippen molar-refractivity contribution in [3.05, 3.63) is 41.1 Å². The van der Waals surface area contributed by atoms with Gasteiger partial charge in [0.15, 0.2) is 17.5 Å². The second-order valence-corrected chi connectivity index (χ2v) is 4.68. The molecule has 0 spiro atoms. The smallest absolute Gasteiger partial charge is 0.186 e. The highest BCUT2D eigenvalue weighted by Crippen LogP contribution is 2.24. The van der Waals surface area contributed by atoms with Crippen molar-refractivity contribution in [2.75, 3.05) is 11.9 Å². The van der Waals surface area contributed by atoms with Crippen LogP contribution in [0.4, 0.5) is 14.6 Å². The average molecular weight is 277 g/mol. The molecule has 1 aromatic heterocycles. The lowest BCUT2D eigenvalue weighted by Crippen LogP contribution is -2.08. The Morgan fingerprint density at radius 3 is 2.55 bits per heavy atom. The van der Waals surface area contributed by atoms with Gasteiger partial charge in [0.25, 0.3) is 0 Å². The summed E-state index contributed by atoms with van der Waals surface area (Å²) >= 11 is 0. The van der Waals surface area contributed by atoms with E-state index in [4.69, 9.17) is 0 Å². The Hall–Kier alpha value is -2.04. The van der Waals surface area contributed by atoms with E-state index in [1.165, 1.54) is 12.1 Å². The molecule has 0 aliphatic carbocycles. The molecule has 0 aliphatic rings. The molecule has 0 saturated carbocycles. The molecule has 0 aliphatic heterocycles. The number of anilines is 1. The zero-order valence-electron chi connectivity index (χ0n) is 11.8. The van der Waals surface area contributed by atoms with Crippen molar-refractivity contribution in [2.24, 2.45) is 0 Å². The normalized spacial score (nSPS) is 10.7. The van der Waals surface area contributed by atoms with Crippen LogP contribution in [0, 0.1) is 25.5 Å². The van der Waals surface area contributed by atoms with Crippen LogP contribution in [0.25, 0.3) is 11.4 Å². The minimum atomic E-state index is -0.443. The molecule has 0 amide bonds. The van der Waals surface area contributed by atoms with Crippen molar-refractivity contribution in [1.29, 1.82) is 0 Å². The van der Waals surface area contributed by atoms with E-state index in [0.29, 0.717) is 17.9 Å². The molecule has 20 heavy (non-hydrogen) atoms. The number of hydrogen-bond acceptors (Lipinski definition) is 3. The first-order valence-electron chi connectivity index (χ1n) is 6.57. The number of nitrogens with zero attached hydrogens (tertiary/aromatic N) is 2. The highest BCUT2D eigenvalue weighted by molar-refractivity contribution is 5.62. The summed E-state index contributed by atoms with van der Waals surface area (Å²) < 4.78 is 27.1. The molecule has 0 unspecified atom stereocenters. The Morgan fingerprint density at radius 2 is 1.90 bits per heavy atom. The van der Waals surface area contributed by atoms with Crippen LogP contribution in [-0.4, -0.2) is 16.5 Å². The number of benzene rings is 1. The Bertz CT molecular complexity index is 627. The largest absolute Gasteiger partial charge is 0.368 e. The van der Waals surface area contributed by atoms with Gasteiger partial charge in [-0.25, -0.2) is 18.7 Å². The Morgan fingerprint density at radius 1 is 1.15 bits per heavy atom. The van der Waals surface area contributed by atoms with Crippen LogP contribution < -0.4 is 5.32 Å². The number of aryl methyl sites for hydroxylation is 2. The minimum absolute atomic E-state index is 0.193. The van der Waals surface area contributed by atoms with Gasteiger partial charge >= 0.3 is 0 Å². The van der Waals surface area contributed by atoms with Gasteiger partial charge in [-0.15, -0.1) is 0 Å². The Kier molecular flexibility index (Phi) is 4.27. The Balaban J connectivity index is 2.48. The number of rotatable bonds is 4. The SMILES string of the molecule is CCCNc1nc(-c2ccc(F)cc2C)nc(C)c1F. The summed E-state index contributed by atoms with van der Waals surface area (Å²) in [6.07, 6.45) is 0.868. The molecule has 2 rings (SSSR count). The molecule has 1 N–H and O–H groups in total. The predicted octanol–water partition coefficient (Wildman–Crippen LogP) is 3.86. The summed E-state index contributed by atoms with van der Waals surface area (Å²) in [7, 11) is 0. The van der Waals surface area contributed by atoms with Crippen LogP contribution in [0.1, 0.15) is 24.6 Å². The molecule has 3 nitrogen and oxygen atoms in total. The summed E-state index contributed by atoms with van der Waals surface area (Å²) in [5.74, 6) is -0.158. The molecule has 2 aromatic rings. The highest BCUT2D eigenvalue weighted by Gasteiger charge is 2.13. The molecule has 0 fully saturated rings. The van der Waals surface area contributed by atoms with Crippen molar-refractivity contribution < 1.29 is 8.78 Å². The van der Waals surface area contributed by atoms with E-state index < -0.39 is 5.82 Å². The fourth-order valence-corrected chi connectivity index (χ4v) is 1.92. The minimum Gasteiger partial charge on any atom is -0.368 e. The quantitative estimate of drug-likeness (QED) is 0.922. The third-order valence-corrected chi connectivity index (χ3v) is 2.99. The zero-order chi connectivity index (χ0) is 14.7. The lowest BCUT2D eigenvalue weighted by Gasteiger charge is -2.11. The van der Waals surface area contributed by atoms with Crippen LogP contribution in [-0.2, 0) is 0 Å². The zero-order valence-corrected chi connectivity index (χ0v) is 11.8. The van der Waals surface area contributed by atoms with Crippen molar-refractivity contribution in [3.63, 3.8) is 0 Å². The van der Waals surface area contributed by atoms with Gasteiger partial charge in [0.2, 0.25) is 0 Å². The van der Waals surface area contributed by atoms with Gasteiger partial charge in [-0.2, -0.15) is 0 Å². The maximum atomic E-state index is 13.9. The second-order valence-electron chi connectivity index (χ2n) is 4.68. The first-order chi connectivity index (χ1) is 9.52. The molecule has 0 saturated heterocycles. The first-order valence-corrected chi connectivity index (χ1v) is 6.57. The topological polar surface area (TPSA) is 37.8 Å². The van der Waals surface area contributed by atoms with Crippen molar-refractivity contribution >= 4 is 5.82 Å². The van der Waals surface area contributed by atoms with E-state index in [1.54, 1.807) is 19.9 Å². The number of hydrogen-bond donors (Lipinski definition) is 1. The third kappa shape index (κ3) is 2.92. The second kappa shape index (κ2) is 5.94. The first kappa shape index (κ1) is 14.4. The highest BCUT2D eigenvalue weighted by atomic mass is 19.1. The maximum Gasteiger partial charge on any atom is 0.186 e. The van der Waals surface area contributed by atoms with E-state index in [1.807, 2.05) is 6.92 Å². The molecular formula is C15H17F2N3. The van der Waals surface area contributed by atoms with Crippen LogP contribution in [0.15, 0.2) is 18.2 Å². The molecule has 0 atom stereocenters. The maximum absolute atomic E-state index is 13.9. The van der Waals surface area contributed by atoms with Gasteiger partial charge in [-0.3, -0.25) is 0 Å². The van der Waals surface area contributed by atoms with E-state index >= 15 is 0 Å². The number of halogens is 2. The molecule has 1 aromatic carbocycles. The van der Waals surface area contributed by atoms with Gasteiger partial charge in [-0.05, 0) is 44.0 Å². The molecule has 0 bridgehead atoms. The van der Waals surface area contributed by atoms with Crippen molar-refractivity contribution in [3.8, 4) is 11.4 Å². The molecular weight excluding hydrogens is 260 g/mol. The van der Waals surface area contributed by atoms with E-state index in [0.717, 1.165) is 12.0 Å². The van der Waals surface area contributed by atoms with Gasteiger partial charge in [-0.1, -0.05) is 6.92 Å². The van der Waals surface area contributed by atoms with Gasteiger partial charge in [0, 0.05) is 12.1 Å². The Labute approximate surface area is 117 Å². The summed E-state index contributed by atoms with van der Waals surface area (Å²) in [5, 5.41) is 2.94. The van der Waals surface area contributed by atoms with Gasteiger partial charge in [0.05, 0.1) is 5.69 Å². The third-order valence-electron chi connectivity index (χ3n) is 2.99. The lowest BCUT2D eigenvalue weighted by atomic mass is 10.1. The molecule has 106 valence electrons. The van der Waals surface area contributed by atoms with E-state index in [9.17, 15) is 8.78 Å². The predicted molar refractivity (Wildman–Crippen MR) is 75.6 cm³/mol. The van der Waals surface area contributed by atoms with Crippen LogP contribution >= 0.6 is 0 Å². The van der Waals surface area contributed by atoms with E-state index in [2.05, 4.69) is 15.3 Å². The molecule has 5 heteroatoms. The van der Waals surface area contributed by atoms with Crippen molar-refractivity contribution in [1.82, 2.24) is 9.97 Å². The van der Waals surface area contributed by atoms with Crippen LogP contribution in [0.2, 0.25) is 0 Å².